The van der Waals surface area contributed by atoms with Crippen LogP contribution in [0.15, 0.2) is 24.3 Å². The Morgan fingerprint density at radius 1 is 1.24 bits per heavy atom. The summed E-state index contributed by atoms with van der Waals surface area (Å²) in [6.45, 7) is 2.95. The Kier molecular flexibility index (Phi) is 5.68. The summed E-state index contributed by atoms with van der Waals surface area (Å²) in [5, 5.41) is 9.31. The first-order chi connectivity index (χ1) is 10.1. The van der Waals surface area contributed by atoms with Crippen LogP contribution in [0.2, 0.25) is 10.0 Å². The summed E-state index contributed by atoms with van der Waals surface area (Å²) < 4.78 is 1.90. The van der Waals surface area contributed by atoms with Crippen LogP contribution in [0, 0.1) is 0 Å². The largest absolute Gasteiger partial charge is 0.319 e. The van der Waals surface area contributed by atoms with Gasteiger partial charge in [-0.05, 0) is 37.6 Å². The molecule has 0 saturated heterocycles. The molecule has 1 N–H and O–H groups in total. The van der Waals surface area contributed by atoms with E-state index in [1.165, 1.54) is 5.56 Å². The maximum atomic E-state index is 6.46. The minimum Gasteiger partial charge on any atom is -0.319 e. The molecule has 1 heterocycles. The SMILES string of the molecule is CCc1nn(C)c(CC(CNC)c2ccc(Cl)cc2)c1Cl. The zero-order chi connectivity index (χ0) is 15.4. The van der Waals surface area contributed by atoms with E-state index in [1.807, 2.05) is 30.9 Å². The summed E-state index contributed by atoms with van der Waals surface area (Å²) in [4.78, 5) is 0. The normalized spacial score (nSPS) is 12.6. The quantitative estimate of drug-likeness (QED) is 0.874. The third-order valence-electron chi connectivity index (χ3n) is 3.73. The van der Waals surface area contributed by atoms with Crippen molar-refractivity contribution in [3.63, 3.8) is 0 Å². The monoisotopic (exact) mass is 325 g/mol. The van der Waals surface area contributed by atoms with E-state index < -0.39 is 0 Å². The average molecular weight is 326 g/mol. The van der Waals surface area contributed by atoms with Crippen LogP contribution in [0.5, 0.6) is 0 Å². The first kappa shape index (κ1) is 16.3. The highest BCUT2D eigenvalue weighted by Crippen LogP contribution is 2.28. The van der Waals surface area contributed by atoms with Crippen molar-refractivity contribution in [3.05, 3.63) is 51.3 Å². The Labute approximate surface area is 136 Å². The van der Waals surface area contributed by atoms with Crippen LogP contribution in [0.25, 0.3) is 0 Å². The molecule has 114 valence electrons. The summed E-state index contributed by atoms with van der Waals surface area (Å²) in [7, 11) is 3.92. The summed E-state index contributed by atoms with van der Waals surface area (Å²) in [6.07, 6.45) is 1.70. The molecule has 0 aliphatic heterocycles. The van der Waals surface area contributed by atoms with Crippen molar-refractivity contribution in [1.29, 1.82) is 0 Å². The lowest BCUT2D eigenvalue weighted by atomic mass is 9.94. The van der Waals surface area contributed by atoms with E-state index in [4.69, 9.17) is 23.2 Å². The maximum Gasteiger partial charge on any atom is 0.0849 e. The van der Waals surface area contributed by atoms with Crippen molar-refractivity contribution in [2.45, 2.75) is 25.7 Å². The number of nitrogens with zero attached hydrogens (tertiary/aromatic N) is 2. The molecule has 0 bridgehead atoms. The Morgan fingerprint density at radius 3 is 2.43 bits per heavy atom. The molecule has 1 aromatic carbocycles. The van der Waals surface area contributed by atoms with Crippen molar-refractivity contribution in [1.82, 2.24) is 15.1 Å². The molecule has 0 aliphatic carbocycles. The van der Waals surface area contributed by atoms with Gasteiger partial charge in [0.1, 0.15) is 0 Å². The Morgan fingerprint density at radius 2 is 1.90 bits per heavy atom. The molecule has 1 aromatic heterocycles. The van der Waals surface area contributed by atoms with Gasteiger partial charge in [-0.2, -0.15) is 5.10 Å². The highest BCUT2D eigenvalue weighted by atomic mass is 35.5. The van der Waals surface area contributed by atoms with E-state index in [0.29, 0.717) is 5.92 Å². The molecule has 2 rings (SSSR count). The predicted octanol–water partition coefficient (Wildman–Crippen LogP) is 3.84. The second-order valence-electron chi connectivity index (χ2n) is 5.19. The highest BCUT2D eigenvalue weighted by molar-refractivity contribution is 6.32. The molecule has 3 nitrogen and oxygen atoms in total. The van der Waals surface area contributed by atoms with Crippen LogP contribution < -0.4 is 5.32 Å². The smallest absolute Gasteiger partial charge is 0.0849 e. The Balaban J connectivity index is 2.28. The van der Waals surface area contributed by atoms with Crippen molar-refractivity contribution in [2.75, 3.05) is 13.6 Å². The van der Waals surface area contributed by atoms with Gasteiger partial charge in [0.15, 0.2) is 0 Å². The van der Waals surface area contributed by atoms with Crippen LogP contribution in [0.4, 0.5) is 0 Å². The van der Waals surface area contributed by atoms with Crippen LogP contribution in [-0.4, -0.2) is 23.4 Å². The third-order valence-corrected chi connectivity index (χ3v) is 4.42. The van der Waals surface area contributed by atoms with Crippen LogP contribution in [0.1, 0.15) is 29.8 Å². The van der Waals surface area contributed by atoms with Gasteiger partial charge in [-0.25, -0.2) is 0 Å². The number of likely N-dealkylation sites (N-methyl/N-ethyl adjacent to an activating group) is 1. The molecule has 0 saturated carbocycles. The first-order valence-electron chi connectivity index (χ1n) is 7.17. The summed E-state index contributed by atoms with van der Waals surface area (Å²) in [5.74, 6) is 0.338. The van der Waals surface area contributed by atoms with Gasteiger partial charge in [0.2, 0.25) is 0 Å². The van der Waals surface area contributed by atoms with Crippen molar-refractivity contribution >= 4 is 23.2 Å². The van der Waals surface area contributed by atoms with Crippen molar-refractivity contribution in [2.24, 2.45) is 7.05 Å². The number of rotatable bonds is 6. The highest BCUT2D eigenvalue weighted by Gasteiger charge is 2.19. The lowest BCUT2D eigenvalue weighted by molar-refractivity contribution is 0.590. The standard InChI is InChI=1S/C16H21Cl2N3/c1-4-14-16(18)15(21(3)20-14)9-12(10-19-2)11-5-7-13(17)8-6-11/h5-8,12,19H,4,9-10H2,1-3H3. The average Bonchev–Trinajstić information content (AvgIpc) is 2.75. The van der Waals surface area contributed by atoms with E-state index in [-0.39, 0.29) is 0 Å². The Bertz CT molecular complexity index is 590. The fourth-order valence-electron chi connectivity index (χ4n) is 2.56. The number of aromatic nitrogens is 2. The van der Waals surface area contributed by atoms with Crippen molar-refractivity contribution in [3.8, 4) is 0 Å². The third kappa shape index (κ3) is 3.79. The Hall–Kier alpha value is -1.03. The molecule has 0 spiro atoms. The number of aryl methyl sites for hydroxylation is 2. The van der Waals surface area contributed by atoms with E-state index in [9.17, 15) is 0 Å². The molecular formula is C16H21Cl2N3. The second-order valence-corrected chi connectivity index (χ2v) is 6.01. The van der Waals surface area contributed by atoms with Gasteiger partial charge in [-0.15, -0.1) is 0 Å². The van der Waals surface area contributed by atoms with Gasteiger partial charge in [0.25, 0.3) is 0 Å². The fourth-order valence-corrected chi connectivity index (χ4v) is 3.06. The number of hydrogen-bond donors (Lipinski definition) is 1. The van der Waals surface area contributed by atoms with Crippen LogP contribution in [0.3, 0.4) is 0 Å². The zero-order valence-electron chi connectivity index (χ0n) is 12.7. The van der Waals surface area contributed by atoms with E-state index in [0.717, 1.165) is 40.8 Å². The molecule has 0 aliphatic rings. The van der Waals surface area contributed by atoms with Crippen LogP contribution >= 0.6 is 23.2 Å². The molecule has 5 heteroatoms. The lowest BCUT2D eigenvalue weighted by Crippen LogP contribution is -2.20. The van der Waals surface area contributed by atoms with Gasteiger partial charge in [0, 0.05) is 24.5 Å². The van der Waals surface area contributed by atoms with Gasteiger partial charge >= 0.3 is 0 Å². The fraction of sp³-hybridized carbons (Fsp3) is 0.438. The van der Waals surface area contributed by atoms with E-state index in [1.54, 1.807) is 0 Å². The maximum absolute atomic E-state index is 6.46. The first-order valence-corrected chi connectivity index (χ1v) is 7.92. The number of hydrogen-bond acceptors (Lipinski definition) is 2. The summed E-state index contributed by atoms with van der Waals surface area (Å²) in [5.41, 5.74) is 3.31. The topological polar surface area (TPSA) is 29.9 Å². The van der Waals surface area contributed by atoms with Crippen LogP contribution in [-0.2, 0) is 19.9 Å². The molecule has 1 unspecified atom stereocenters. The number of nitrogens with one attached hydrogen (secondary N) is 1. The predicted molar refractivity (Wildman–Crippen MR) is 89.4 cm³/mol. The molecule has 0 fully saturated rings. The minimum atomic E-state index is 0.338. The molecule has 1 atom stereocenters. The molecule has 2 aromatic rings. The summed E-state index contributed by atoms with van der Waals surface area (Å²) >= 11 is 12.4. The molecule has 0 radical (unpaired) electrons. The zero-order valence-corrected chi connectivity index (χ0v) is 14.2. The second kappa shape index (κ2) is 7.30. The van der Waals surface area contributed by atoms with Gasteiger partial charge < -0.3 is 5.32 Å². The molecule has 0 amide bonds. The lowest BCUT2D eigenvalue weighted by Gasteiger charge is -2.17. The van der Waals surface area contributed by atoms with Gasteiger partial charge in [0.05, 0.1) is 16.4 Å². The minimum absolute atomic E-state index is 0.338. The van der Waals surface area contributed by atoms with E-state index >= 15 is 0 Å². The summed E-state index contributed by atoms with van der Waals surface area (Å²) in [6, 6.07) is 8.02. The van der Waals surface area contributed by atoms with Gasteiger partial charge in [-0.1, -0.05) is 42.3 Å². The van der Waals surface area contributed by atoms with E-state index in [2.05, 4.69) is 29.5 Å². The number of halogens is 2. The van der Waals surface area contributed by atoms with Crippen molar-refractivity contribution < 1.29 is 0 Å². The number of benzene rings is 1. The molecular weight excluding hydrogens is 305 g/mol. The van der Waals surface area contributed by atoms with Gasteiger partial charge in [-0.3, -0.25) is 4.68 Å². The molecule has 21 heavy (non-hydrogen) atoms.